The maximum Gasteiger partial charge on any atom is 0.207 e. The molecule has 1 aromatic carbocycles. The second-order valence-corrected chi connectivity index (χ2v) is 2.56. The first-order chi connectivity index (χ1) is 5.42. The van der Waals surface area contributed by atoms with Crippen LogP contribution < -0.4 is 4.99 Å². The second-order valence-electron chi connectivity index (χ2n) is 2.56. The number of nitrogens with one attached hydrogen (secondary N) is 1. The normalized spacial score (nSPS) is 19.8. The van der Waals surface area contributed by atoms with Gasteiger partial charge >= 0.3 is 0 Å². The minimum atomic E-state index is -0.0637. The van der Waals surface area contributed by atoms with Gasteiger partial charge in [0.25, 0.3) is 0 Å². The Morgan fingerprint density at radius 2 is 2.18 bits per heavy atom. The lowest BCUT2D eigenvalue weighted by atomic mass is 10.0. The Balaban J connectivity index is 2.53. The summed E-state index contributed by atoms with van der Waals surface area (Å²) in [6.45, 7) is 0. The van der Waals surface area contributed by atoms with E-state index in [0.29, 0.717) is 0 Å². The molecule has 1 atom stereocenters. The average Bonchev–Trinajstić information content (AvgIpc) is 2.47. The van der Waals surface area contributed by atoms with Crippen LogP contribution in [0.2, 0.25) is 0 Å². The fourth-order valence-corrected chi connectivity index (χ4v) is 1.30. The van der Waals surface area contributed by atoms with Gasteiger partial charge in [-0.15, -0.1) is 0 Å². The molecule has 2 heteroatoms. The summed E-state index contributed by atoms with van der Waals surface area (Å²) in [5.41, 5.74) is 2.12. The summed E-state index contributed by atoms with van der Waals surface area (Å²) in [4.78, 5) is 13.5. The molecule has 1 aliphatic rings. The van der Waals surface area contributed by atoms with Gasteiger partial charge in [0.2, 0.25) is 5.69 Å². The molecule has 1 unspecified atom stereocenters. The zero-order chi connectivity index (χ0) is 7.68. The van der Waals surface area contributed by atoms with Crippen molar-refractivity contribution in [3.05, 3.63) is 29.8 Å². The zero-order valence-electron chi connectivity index (χ0n) is 5.95. The first-order valence-electron chi connectivity index (χ1n) is 3.56. The van der Waals surface area contributed by atoms with Gasteiger partial charge in [-0.1, -0.05) is 18.2 Å². The molecule has 2 rings (SSSR count). The van der Waals surface area contributed by atoms with Crippen LogP contribution in [0.15, 0.2) is 24.3 Å². The molecular formula is C9H8NO+. The topological polar surface area (TPSA) is 31.0 Å². The number of benzene rings is 1. The molecule has 1 heterocycles. The van der Waals surface area contributed by atoms with Crippen molar-refractivity contribution in [2.24, 2.45) is 0 Å². The molecule has 11 heavy (non-hydrogen) atoms. The molecule has 0 bridgehead atoms. The quantitative estimate of drug-likeness (QED) is 0.545. The van der Waals surface area contributed by atoms with Crippen molar-refractivity contribution >= 4 is 18.2 Å². The third-order valence-electron chi connectivity index (χ3n) is 1.88. The first kappa shape index (κ1) is 6.28. The molecule has 0 amide bonds. The van der Waals surface area contributed by atoms with Gasteiger partial charge in [0.1, 0.15) is 12.2 Å². The van der Waals surface area contributed by atoms with Crippen molar-refractivity contribution in [2.45, 2.75) is 5.92 Å². The summed E-state index contributed by atoms with van der Waals surface area (Å²) in [6, 6.07) is 7.82. The molecule has 0 saturated heterocycles. The van der Waals surface area contributed by atoms with E-state index in [2.05, 4.69) is 4.99 Å². The van der Waals surface area contributed by atoms with Crippen molar-refractivity contribution in [3.8, 4) is 0 Å². The van der Waals surface area contributed by atoms with Crippen LogP contribution >= 0.6 is 0 Å². The van der Waals surface area contributed by atoms with E-state index in [1.54, 1.807) is 6.21 Å². The fourth-order valence-electron chi connectivity index (χ4n) is 1.30. The highest BCUT2D eigenvalue weighted by Crippen LogP contribution is 2.19. The Bertz CT molecular complexity index is 317. The number of para-hydroxylation sites is 1. The van der Waals surface area contributed by atoms with Crippen LogP contribution in [-0.4, -0.2) is 12.5 Å². The Morgan fingerprint density at radius 1 is 1.36 bits per heavy atom. The van der Waals surface area contributed by atoms with E-state index in [4.69, 9.17) is 0 Å². The van der Waals surface area contributed by atoms with Gasteiger partial charge in [-0.3, -0.25) is 0 Å². The van der Waals surface area contributed by atoms with E-state index in [0.717, 1.165) is 17.5 Å². The van der Waals surface area contributed by atoms with Crippen LogP contribution in [-0.2, 0) is 4.79 Å². The van der Waals surface area contributed by atoms with E-state index in [9.17, 15) is 4.79 Å². The maximum atomic E-state index is 10.5. The van der Waals surface area contributed by atoms with E-state index in [1.165, 1.54) is 0 Å². The molecule has 54 valence electrons. The fraction of sp³-hybridized carbons (Fsp3) is 0.111. The van der Waals surface area contributed by atoms with E-state index >= 15 is 0 Å². The first-order valence-corrected chi connectivity index (χ1v) is 3.56. The van der Waals surface area contributed by atoms with Gasteiger partial charge in [-0.2, -0.15) is 0 Å². The number of hydrogen-bond acceptors (Lipinski definition) is 1. The molecule has 0 spiro atoms. The van der Waals surface area contributed by atoms with Crippen LogP contribution in [0, 0.1) is 0 Å². The molecule has 1 aromatic rings. The monoisotopic (exact) mass is 146 g/mol. The Labute approximate surface area is 64.6 Å². The van der Waals surface area contributed by atoms with Gasteiger partial charge in [0.15, 0.2) is 6.21 Å². The van der Waals surface area contributed by atoms with Crippen molar-refractivity contribution in [3.63, 3.8) is 0 Å². The minimum absolute atomic E-state index is 0.0637. The molecule has 0 saturated carbocycles. The van der Waals surface area contributed by atoms with Gasteiger partial charge in [0.05, 0.1) is 0 Å². The highest BCUT2D eigenvalue weighted by Gasteiger charge is 2.22. The van der Waals surface area contributed by atoms with Crippen LogP contribution in [0.3, 0.4) is 0 Å². The number of hydrogen-bond donors (Lipinski definition) is 1. The summed E-state index contributed by atoms with van der Waals surface area (Å²) < 4.78 is 0. The Morgan fingerprint density at radius 3 is 3.00 bits per heavy atom. The molecule has 0 aromatic heterocycles. The molecule has 0 radical (unpaired) electrons. The van der Waals surface area contributed by atoms with Crippen molar-refractivity contribution in [1.29, 1.82) is 0 Å². The van der Waals surface area contributed by atoms with Crippen molar-refractivity contribution < 1.29 is 9.79 Å². The molecule has 0 fully saturated rings. The molecule has 2 nitrogen and oxygen atoms in total. The lowest BCUT2D eigenvalue weighted by Crippen LogP contribution is -2.59. The predicted octanol–water partition coefficient (Wildman–Crippen LogP) is -0.234. The summed E-state index contributed by atoms with van der Waals surface area (Å²) >= 11 is 0. The third kappa shape index (κ3) is 0.871. The minimum Gasteiger partial charge on any atom is -0.302 e. The van der Waals surface area contributed by atoms with E-state index in [-0.39, 0.29) is 5.92 Å². The van der Waals surface area contributed by atoms with Gasteiger partial charge in [0, 0.05) is 11.6 Å². The lowest BCUT2D eigenvalue weighted by Gasteiger charge is -1.93. The summed E-state index contributed by atoms with van der Waals surface area (Å²) in [5.74, 6) is -0.0637. The Kier molecular flexibility index (Phi) is 1.32. The zero-order valence-corrected chi connectivity index (χ0v) is 5.95. The third-order valence-corrected chi connectivity index (χ3v) is 1.88. The van der Waals surface area contributed by atoms with Crippen molar-refractivity contribution in [1.82, 2.24) is 0 Å². The van der Waals surface area contributed by atoms with Gasteiger partial charge in [-0.25, -0.2) is 4.99 Å². The van der Waals surface area contributed by atoms with Crippen LogP contribution in [0.1, 0.15) is 11.5 Å². The summed E-state index contributed by atoms with van der Waals surface area (Å²) in [6.07, 6.45) is 2.75. The average molecular weight is 146 g/mol. The van der Waals surface area contributed by atoms with Gasteiger partial charge < -0.3 is 4.79 Å². The van der Waals surface area contributed by atoms with E-state index < -0.39 is 0 Å². The molecular weight excluding hydrogens is 138 g/mol. The molecule has 0 aliphatic carbocycles. The summed E-state index contributed by atoms with van der Waals surface area (Å²) in [5, 5.41) is 0. The SMILES string of the molecule is O=CC1C=[NH+]c2ccccc21. The predicted molar refractivity (Wildman–Crippen MR) is 41.9 cm³/mol. The lowest BCUT2D eigenvalue weighted by molar-refractivity contribution is -0.344. The Hall–Kier alpha value is -1.44. The number of rotatable bonds is 1. The highest BCUT2D eigenvalue weighted by molar-refractivity contribution is 5.89. The van der Waals surface area contributed by atoms with Crippen LogP contribution in [0.5, 0.6) is 0 Å². The van der Waals surface area contributed by atoms with Crippen LogP contribution in [0.25, 0.3) is 0 Å². The largest absolute Gasteiger partial charge is 0.302 e. The number of carbonyl (C=O) groups excluding carboxylic acids is 1. The van der Waals surface area contributed by atoms with Gasteiger partial charge in [-0.05, 0) is 0 Å². The number of carbonyl (C=O) groups is 1. The van der Waals surface area contributed by atoms with E-state index in [1.807, 2.05) is 24.3 Å². The standard InChI is InChI=1S/C9H7NO/c11-6-7-5-10-9-4-2-1-3-8(7)9/h1-7H/p+1. The second kappa shape index (κ2) is 2.31. The number of aldehydes is 1. The highest BCUT2D eigenvalue weighted by atomic mass is 16.1. The number of fused-ring (bicyclic) bond motifs is 1. The molecule has 1 aliphatic heterocycles. The summed E-state index contributed by atoms with van der Waals surface area (Å²) in [7, 11) is 0. The van der Waals surface area contributed by atoms with Crippen LogP contribution in [0.4, 0.5) is 5.69 Å². The van der Waals surface area contributed by atoms with Crippen molar-refractivity contribution in [2.75, 3.05) is 0 Å². The smallest absolute Gasteiger partial charge is 0.207 e. The maximum absolute atomic E-state index is 10.5. The molecule has 1 N–H and O–H groups in total.